The van der Waals surface area contributed by atoms with Crippen molar-refractivity contribution in [1.82, 2.24) is 4.98 Å². The lowest BCUT2D eigenvalue weighted by Gasteiger charge is -2.06. The van der Waals surface area contributed by atoms with Crippen molar-refractivity contribution in [2.75, 3.05) is 11.9 Å². The molecule has 0 saturated carbocycles. The van der Waals surface area contributed by atoms with Gasteiger partial charge in [0.2, 0.25) is 5.88 Å². The molecule has 0 saturated heterocycles. The summed E-state index contributed by atoms with van der Waals surface area (Å²) in [6, 6.07) is 10.7. The first-order valence-corrected chi connectivity index (χ1v) is 6.64. The third kappa shape index (κ3) is 3.79. The molecule has 0 atom stereocenters. The van der Waals surface area contributed by atoms with Gasteiger partial charge in [0, 0.05) is 16.1 Å². The van der Waals surface area contributed by atoms with E-state index in [0.29, 0.717) is 23.7 Å². The monoisotopic (exact) mass is 320 g/mol. The number of aromatic nitrogens is 1. The fraction of sp³-hybridized carbons (Fsp3) is 0.143. The minimum absolute atomic E-state index is 0.174. The zero-order chi connectivity index (χ0) is 13.7. The Morgan fingerprint density at radius 1 is 1.37 bits per heavy atom. The maximum atomic E-state index is 12.0. The second kappa shape index (κ2) is 6.33. The number of ether oxygens (including phenoxy) is 1. The van der Waals surface area contributed by atoms with E-state index in [1.165, 1.54) is 0 Å². The van der Waals surface area contributed by atoms with Crippen LogP contribution in [0.2, 0.25) is 0 Å². The van der Waals surface area contributed by atoms with E-state index in [1.807, 2.05) is 19.1 Å². The maximum Gasteiger partial charge on any atom is 0.255 e. The number of nitrogens with zero attached hydrogens (tertiary/aromatic N) is 1. The number of hydrogen-bond acceptors (Lipinski definition) is 3. The van der Waals surface area contributed by atoms with Crippen molar-refractivity contribution in [3.63, 3.8) is 0 Å². The van der Waals surface area contributed by atoms with Crippen molar-refractivity contribution in [3.05, 3.63) is 52.6 Å². The molecule has 2 rings (SSSR count). The molecule has 0 aliphatic carbocycles. The van der Waals surface area contributed by atoms with Crippen LogP contribution in [0.1, 0.15) is 17.3 Å². The minimum atomic E-state index is -0.174. The largest absolute Gasteiger partial charge is 0.478 e. The van der Waals surface area contributed by atoms with E-state index in [2.05, 4.69) is 26.2 Å². The van der Waals surface area contributed by atoms with Crippen LogP contribution in [-0.2, 0) is 0 Å². The third-order valence-corrected chi connectivity index (χ3v) is 2.87. The highest BCUT2D eigenvalue weighted by molar-refractivity contribution is 9.10. The molecule has 0 spiro atoms. The predicted octanol–water partition coefficient (Wildman–Crippen LogP) is 3.50. The third-order valence-electron chi connectivity index (χ3n) is 2.37. The Labute approximate surface area is 119 Å². The molecule has 1 heterocycles. The van der Waals surface area contributed by atoms with Crippen LogP contribution < -0.4 is 10.1 Å². The van der Waals surface area contributed by atoms with E-state index >= 15 is 0 Å². The van der Waals surface area contributed by atoms with Crippen molar-refractivity contribution in [2.24, 2.45) is 0 Å². The number of nitrogens with one attached hydrogen (secondary N) is 1. The second-order valence-electron chi connectivity index (χ2n) is 3.78. The maximum absolute atomic E-state index is 12.0. The van der Waals surface area contributed by atoms with Gasteiger partial charge in [-0.3, -0.25) is 4.79 Å². The van der Waals surface area contributed by atoms with Crippen LogP contribution in [0.25, 0.3) is 0 Å². The smallest absolute Gasteiger partial charge is 0.255 e. The quantitative estimate of drug-likeness (QED) is 0.938. The number of benzene rings is 1. The number of hydrogen-bond donors (Lipinski definition) is 1. The van der Waals surface area contributed by atoms with Gasteiger partial charge in [-0.15, -0.1) is 0 Å². The summed E-state index contributed by atoms with van der Waals surface area (Å²) < 4.78 is 6.10. The average Bonchev–Trinajstić information content (AvgIpc) is 2.41. The normalized spacial score (nSPS) is 10.0. The van der Waals surface area contributed by atoms with Crippen LogP contribution in [0.15, 0.2) is 47.1 Å². The summed E-state index contributed by atoms with van der Waals surface area (Å²) >= 11 is 3.33. The molecular formula is C14H13BrN2O2. The van der Waals surface area contributed by atoms with Gasteiger partial charge in [0.1, 0.15) is 0 Å². The molecule has 98 valence electrons. The number of amides is 1. The Hall–Kier alpha value is -1.88. The molecule has 0 aliphatic rings. The highest BCUT2D eigenvalue weighted by Gasteiger charge is 2.06. The summed E-state index contributed by atoms with van der Waals surface area (Å²) in [6.45, 7) is 2.46. The number of anilines is 1. The van der Waals surface area contributed by atoms with E-state index < -0.39 is 0 Å². The molecule has 0 unspecified atom stereocenters. The lowest BCUT2D eigenvalue weighted by molar-refractivity contribution is 0.102. The van der Waals surface area contributed by atoms with Crippen LogP contribution in [0.3, 0.4) is 0 Å². The first kappa shape index (κ1) is 13.5. The van der Waals surface area contributed by atoms with Gasteiger partial charge in [0.05, 0.1) is 18.5 Å². The lowest BCUT2D eigenvalue weighted by Crippen LogP contribution is -2.12. The topological polar surface area (TPSA) is 51.2 Å². The summed E-state index contributed by atoms with van der Waals surface area (Å²) in [6.07, 6.45) is 1.57. The fourth-order valence-corrected chi connectivity index (χ4v) is 1.92. The second-order valence-corrected chi connectivity index (χ2v) is 4.70. The number of rotatable bonds is 4. The summed E-state index contributed by atoms with van der Waals surface area (Å²) in [7, 11) is 0. The fourth-order valence-electron chi connectivity index (χ4n) is 1.52. The van der Waals surface area contributed by atoms with Gasteiger partial charge in [-0.25, -0.2) is 4.98 Å². The van der Waals surface area contributed by atoms with Gasteiger partial charge in [0.25, 0.3) is 5.91 Å². The van der Waals surface area contributed by atoms with E-state index in [4.69, 9.17) is 4.74 Å². The van der Waals surface area contributed by atoms with Crippen LogP contribution >= 0.6 is 15.9 Å². The van der Waals surface area contributed by atoms with Crippen molar-refractivity contribution < 1.29 is 9.53 Å². The van der Waals surface area contributed by atoms with E-state index in [1.54, 1.807) is 30.5 Å². The van der Waals surface area contributed by atoms with Gasteiger partial charge >= 0.3 is 0 Å². The van der Waals surface area contributed by atoms with Crippen molar-refractivity contribution in [2.45, 2.75) is 6.92 Å². The van der Waals surface area contributed by atoms with Crippen molar-refractivity contribution in [1.29, 1.82) is 0 Å². The summed E-state index contributed by atoms with van der Waals surface area (Å²) in [5.74, 6) is 0.371. The molecule has 0 aliphatic heterocycles. The van der Waals surface area contributed by atoms with Gasteiger partial charge in [-0.2, -0.15) is 0 Å². The molecule has 5 heteroatoms. The zero-order valence-corrected chi connectivity index (χ0v) is 12.0. The summed E-state index contributed by atoms with van der Waals surface area (Å²) in [4.78, 5) is 16.1. The Morgan fingerprint density at radius 3 is 2.84 bits per heavy atom. The Morgan fingerprint density at radius 2 is 2.21 bits per heavy atom. The SMILES string of the molecule is CCOc1ccc(NC(=O)c2cccc(Br)c2)cn1. The van der Waals surface area contributed by atoms with Crippen molar-refractivity contribution in [3.8, 4) is 5.88 Å². The molecule has 4 nitrogen and oxygen atoms in total. The molecule has 19 heavy (non-hydrogen) atoms. The van der Waals surface area contributed by atoms with Crippen LogP contribution in [0.4, 0.5) is 5.69 Å². The zero-order valence-electron chi connectivity index (χ0n) is 10.4. The van der Waals surface area contributed by atoms with E-state index in [9.17, 15) is 4.79 Å². The minimum Gasteiger partial charge on any atom is -0.478 e. The summed E-state index contributed by atoms with van der Waals surface area (Å²) in [5, 5.41) is 2.78. The molecular weight excluding hydrogens is 308 g/mol. The highest BCUT2D eigenvalue weighted by atomic mass is 79.9. The number of pyridine rings is 1. The molecule has 2 aromatic rings. The van der Waals surface area contributed by atoms with Crippen LogP contribution in [-0.4, -0.2) is 17.5 Å². The number of halogens is 1. The Bertz CT molecular complexity index is 570. The lowest BCUT2D eigenvalue weighted by atomic mass is 10.2. The first-order valence-electron chi connectivity index (χ1n) is 5.85. The van der Waals surface area contributed by atoms with E-state index in [0.717, 1.165) is 4.47 Å². The number of carbonyl (C=O) groups excluding carboxylic acids is 1. The van der Waals surface area contributed by atoms with Crippen LogP contribution in [0.5, 0.6) is 5.88 Å². The first-order chi connectivity index (χ1) is 9.19. The van der Waals surface area contributed by atoms with Crippen molar-refractivity contribution >= 4 is 27.5 Å². The van der Waals surface area contributed by atoms with Crippen LogP contribution in [0, 0.1) is 0 Å². The molecule has 0 fully saturated rings. The molecule has 1 aromatic heterocycles. The Kier molecular flexibility index (Phi) is 4.52. The number of carbonyl (C=O) groups is 1. The van der Waals surface area contributed by atoms with Gasteiger partial charge in [0.15, 0.2) is 0 Å². The van der Waals surface area contributed by atoms with E-state index in [-0.39, 0.29) is 5.91 Å². The van der Waals surface area contributed by atoms with Gasteiger partial charge < -0.3 is 10.1 Å². The Balaban J connectivity index is 2.06. The molecule has 0 bridgehead atoms. The molecule has 1 N–H and O–H groups in total. The summed E-state index contributed by atoms with van der Waals surface area (Å²) in [5.41, 5.74) is 1.22. The standard InChI is InChI=1S/C14H13BrN2O2/c1-2-19-13-7-6-12(9-16-13)17-14(18)10-4-3-5-11(15)8-10/h3-9H,2H2,1H3,(H,17,18). The highest BCUT2D eigenvalue weighted by Crippen LogP contribution is 2.15. The average molecular weight is 321 g/mol. The van der Waals surface area contributed by atoms with Gasteiger partial charge in [-0.05, 0) is 31.2 Å². The molecule has 1 amide bonds. The van der Waals surface area contributed by atoms with Gasteiger partial charge in [-0.1, -0.05) is 22.0 Å². The predicted molar refractivity (Wildman–Crippen MR) is 77.5 cm³/mol. The molecule has 0 radical (unpaired) electrons. The molecule has 1 aromatic carbocycles.